The number of halogens is 3. The van der Waals surface area contributed by atoms with E-state index in [0.717, 1.165) is 18.5 Å². The van der Waals surface area contributed by atoms with Gasteiger partial charge in [0.15, 0.2) is 0 Å². The molecule has 1 aromatic heterocycles. The molecule has 0 saturated heterocycles. The van der Waals surface area contributed by atoms with Crippen LogP contribution in [-0.2, 0) is 6.42 Å². The lowest BCUT2D eigenvalue weighted by Crippen LogP contribution is -2.24. The van der Waals surface area contributed by atoms with Crippen LogP contribution < -0.4 is 5.32 Å². The Bertz CT molecular complexity index is 352. The van der Waals surface area contributed by atoms with Crippen LogP contribution in [0.15, 0.2) is 12.4 Å². The van der Waals surface area contributed by atoms with Crippen LogP contribution in [0.5, 0.6) is 0 Å². The summed E-state index contributed by atoms with van der Waals surface area (Å²) in [5.74, 6) is 0.445. The van der Waals surface area contributed by atoms with Crippen LogP contribution in [0.2, 0.25) is 0 Å². The van der Waals surface area contributed by atoms with Crippen molar-refractivity contribution in [3.8, 4) is 0 Å². The Kier molecular flexibility index (Phi) is 4.72. The highest BCUT2D eigenvalue weighted by Crippen LogP contribution is 2.22. The van der Waals surface area contributed by atoms with Crippen molar-refractivity contribution in [3.05, 3.63) is 18.1 Å². The lowest BCUT2D eigenvalue weighted by Gasteiger charge is -2.16. The second-order valence-electron chi connectivity index (χ2n) is 4.01. The van der Waals surface area contributed by atoms with Gasteiger partial charge in [-0.2, -0.15) is 13.2 Å². The average Bonchev–Trinajstić information content (AvgIpc) is 2.15. The predicted octanol–water partition coefficient (Wildman–Crippen LogP) is 3.18. The van der Waals surface area contributed by atoms with Crippen LogP contribution in [0.1, 0.15) is 32.4 Å². The summed E-state index contributed by atoms with van der Waals surface area (Å²) < 4.78 is 36.4. The maximum atomic E-state index is 12.1. The number of anilines is 1. The molecule has 1 unspecified atom stereocenters. The molecule has 0 aliphatic carbocycles. The number of nitrogens with zero attached hydrogens (tertiary/aromatic N) is 2. The Balaban J connectivity index is 2.58. The number of rotatable bonds is 5. The van der Waals surface area contributed by atoms with Gasteiger partial charge in [-0.05, 0) is 13.3 Å². The second kappa shape index (κ2) is 5.84. The summed E-state index contributed by atoms with van der Waals surface area (Å²) in [6.45, 7) is 3.50. The van der Waals surface area contributed by atoms with E-state index < -0.39 is 18.6 Å². The third-order valence-electron chi connectivity index (χ3n) is 2.16. The molecule has 17 heavy (non-hydrogen) atoms. The molecule has 1 atom stereocenters. The van der Waals surface area contributed by atoms with Gasteiger partial charge >= 0.3 is 6.18 Å². The molecule has 0 radical (unpaired) electrons. The molecule has 96 valence electrons. The molecule has 1 N–H and O–H groups in total. The van der Waals surface area contributed by atoms with Gasteiger partial charge in [0.05, 0.1) is 6.42 Å². The van der Waals surface area contributed by atoms with Gasteiger partial charge in [-0.3, -0.25) is 0 Å². The summed E-state index contributed by atoms with van der Waals surface area (Å²) >= 11 is 0. The van der Waals surface area contributed by atoms with E-state index in [1.807, 2.05) is 6.92 Å². The van der Waals surface area contributed by atoms with Gasteiger partial charge in [-0.25, -0.2) is 9.97 Å². The number of aromatic nitrogens is 2. The summed E-state index contributed by atoms with van der Waals surface area (Å²) in [4.78, 5) is 7.94. The first-order valence-corrected chi connectivity index (χ1v) is 5.55. The third-order valence-corrected chi connectivity index (χ3v) is 2.16. The lowest BCUT2D eigenvalue weighted by atomic mass is 10.2. The zero-order chi connectivity index (χ0) is 12.9. The van der Waals surface area contributed by atoms with E-state index in [4.69, 9.17) is 0 Å². The monoisotopic (exact) mass is 247 g/mol. The molecule has 0 aromatic carbocycles. The van der Waals surface area contributed by atoms with E-state index in [1.54, 1.807) is 6.07 Å². The molecule has 1 heterocycles. The minimum atomic E-state index is -4.16. The zero-order valence-electron chi connectivity index (χ0n) is 9.88. The predicted molar refractivity (Wildman–Crippen MR) is 59.8 cm³/mol. The summed E-state index contributed by atoms with van der Waals surface area (Å²) in [7, 11) is 0. The van der Waals surface area contributed by atoms with Crippen molar-refractivity contribution in [2.75, 3.05) is 5.32 Å². The van der Waals surface area contributed by atoms with Gasteiger partial charge in [0, 0.05) is 17.8 Å². The van der Waals surface area contributed by atoms with Crippen molar-refractivity contribution < 1.29 is 13.2 Å². The highest BCUT2D eigenvalue weighted by atomic mass is 19.4. The van der Waals surface area contributed by atoms with Gasteiger partial charge in [0.2, 0.25) is 0 Å². The van der Waals surface area contributed by atoms with Crippen LogP contribution in [-0.4, -0.2) is 22.2 Å². The molecule has 3 nitrogen and oxygen atoms in total. The first kappa shape index (κ1) is 13.7. The van der Waals surface area contributed by atoms with Crippen molar-refractivity contribution in [3.63, 3.8) is 0 Å². The van der Waals surface area contributed by atoms with Crippen LogP contribution in [0.4, 0.5) is 19.0 Å². The third kappa shape index (κ3) is 5.51. The summed E-state index contributed by atoms with van der Waals surface area (Å²) in [6.07, 6.45) is -1.93. The van der Waals surface area contributed by atoms with Gasteiger partial charge in [0.1, 0.15) is 12.1 Å². The largest absolute Gasteiger partial charge is 0.391 e. The standard InChI is InChI=1S/C11H16F3N3/c1-3-4-9-5-10(16-7-15-9)17-8(2)6-11(12,13)14/h5,7-8H,3-4,6H2,1-2H3,(H,15,16,17). The van der Waals surface area contributed by atoms with E-state index in [2.05, 4.69) is 15.3 Å². The number of hydrogen-bond donors (Lipinski definition) is 1. The molecule has 0 bridgehead atoms. The zero-order valence-corrected chi connectivity index (χ0v) is 9.88. The van der Waals surface area contributed by atoms with E-state index in [-0.39, 0.29) is 0 Å². The second-order valence-corrected chi connectivity index (χ2v) is 4.01. The average molecular weight is 247 g/mol. The van der Waals surface area contributed by atoms with Crippen molar-refractivity contribution in [1.29, 1.82) is 0 Å². The molecule has 0 aliphatic rings. The molecule has 0 saturated carbocycles. The SMILES string of the molecule is CCCc1cc(NC(C)CC(F)(F)F)ncn1. The van der Waals surface area contributed by atoms with Gasteiger partial charge in [-0.1, -0.05) is 13.3 Å². The molecule has 0 spiro atoms. The summed E-state index contributed by atoms with van der Waals surface area (Å²) in [6, 6.07) is 0.996. The van der Waals surface area contributed by atoms with Gasteiger partial charge in [-0.15, -0.1) is 0 Å². The van der Waals surface area contributed by atoms with Crippen LogP contribution in [0.25, 0.3) is 0 Å². The number of nitrogens with one attached hydrogen (secondary N) is 1. The molecule has 1 rings (SSSR count). The van der Waals surface area contributed by atoms with Gasteiger partial charge < -0.3 is 5.32 Å². The molecule has 0 aliphatic heterocycles. The van der Waals surface area contributed by atoms with E-state index in [9.17, 15) is 13.2 Å². The van der Waals surface area contributed by atoms with Crippen LogP contribution in [0.3, 0.4) is 0 Å². The van der Waals surface area contributed by atoms with E-state index >= 15 is 0 Å². The van der Waals surface area contributed by atoms with Gasteiger partial charge in [0.25, 0.3) is 0 Å². The Labute approximate surface area is 98.5 Å². The van der Waals surface area contributed by atoms with Crippen molar-refractivity contribution in [2.45, 2.75) is 45.3 Å². The topological polar surface area (TPSA) is 37.8 Å². The summed E-state index contributed by atoms with van der Waals surface area (Å²) in [5.41, 5.74) is 0.837. The fourth-order valence-corrected chi connectivity index (χ4v) is 1.52. The number of aryl methyl sites for hydroxylation is 1. The first-order chi connectivity index (χ1) is 7.90. The maximum Gasteiger partial charge on any atom is 0.391 e. The molecule has 0 fully saturated rings. The molecule has 1 aromatic rings. The molecular formula is C11H16F3N3. The Morgan fingerprint density at radius 1 is 1.35 bits per heavy atom. The highest BCUT2D eigenvalue weighted by Gasteiger charge is 2.30. The van der Waals surface area contributed by atoms with Crippen molar-refractivity contribution in [2.24, 2.45) is 0 Å². The normalized spacial score (nSPS) is 13.5. The Hall–Kier alpha value is -1.33. The molecule has 0 amide bonds. The Morgan fingerprint density at radius 2 is 2.06 bits per heavy atom. The van der Waals surface area contributed by atoms with Crippen molar-refractivity contribution >= 4 is 5.82 Å². The Morgan fingerprint density at radius 3 is 2.65 bits per heavy atom. The van der Waals surface area contributed by atoms with Crippen molar-refractivity contribution in [1.82, 2.24) is 9.97 Å². The minimum Gasteiger partial charge on any atom is -0.367 e. The van der Waals surface area contributed by atoms with Crippen LogP contribution >= 0.6 is 0 Å². The minimum absolute atomic E-state index is 0.445. The number of hydrogen-bond acceptors (Lipinski definition) is 3. The smallest absolute Gasteiger partial charge is 0.367 e. The fourth-order valence-electron chi connectivity index (χ4n) is 1.52. The van der Waals surface area contributed by atoms with E-state index in [1.165, 1.54) is 13.3 Å². The fraction of sp³-hybridized carbons (Fsp3) is 0.636. The first-order valence-electron chi connectivity index (χ1n) is 5.55. The maximum absolute atomic E-state index is 12.1. The highest BCUT2D eigenvalue weighted by molar-refractivity contribution is 5.35. The quantitative estimate of drug-likeness (QED) is 0.868. The molecule has 6 heteroatoms. The molecular weight excluding hydrogens is 231 g/mol. The lowest BCUT2D eigenvalue weighted by molar-refractivity contribution is -0.136. The van der Waals surface area contributed by atoms with E-state index in [0.29, 0.717) is 5.82 Å². The number of alkyl halides is 3. The summed E-state index contributed by atoms with van der Waals surface area (Å²) in [5, 5.41) is 2.73. The van der Waals surface area contributed by atoms with Crippen LogP contribution in [0, 0.1) is 0 Å².